The van der Waals surface area contributed by atoms with E-state index in [2.05, 4.69) is 22.3 Å². The Morgan fingerprint density at radius 1 is 1.16 bits per heavy atom. The zero-order chi connectivity index (χ0) is 22.9. The Labute approximate surface area is 189 Å². The summed E-state index contributed by atoms with van der Waals surface area (Å²) >= 11 is 5.20. The molecule has 1 N–H and O–H groups in total. The average Bonchev–Trinajstić information content (AvgIpc) is 3.05. The number of fused-ring (bicyclic) bond motifs is 1. The minimum Gasteiger partial charge on any atom is -0.371 e. The van der Waals surface area contributed by atoms with Crippen LogP contribution in [0.1, 0.15) is 36.0 Å². The van der Waals surface area contributed by atoms with Gasteiger partial charge in [0.05, 0.1) is 22.9 Å². The van der Waals surface area contributed by atoms with Gasteiger partial charge in [-0.25, -0.2) is 0 Å². The fraction of sp³-hybridized carbons (Fsp3) is 0.348. The highest BCUT2D eigenvalue weighted by Crippen LogP contribution is 2.40. The molecular weight excluding hydrogens is 437 g/mol. The van der Waals surface area contributed by atoms with Crippen LogP contribution in [0, 0.1) is 11.3 Å². The van der Waals surface area contributed by atoms with Crippen molar-refractivity contribution in [1.82, 2.24) is 5.32 Å². The van der Waals surface area contributed by atoms with Gasteiger partial charge in [-0.3, -0.25) is 9.69 Å². The van der Waals surface area contributed by atoms with Crippen LogP contribution >= 0.6 is 12.2 Å². The molecule has 166 valence electrons. The van der Waals surface area contributed by atoms with Crippen LogP contribution in [0.2, 0.25) is 0 Å². The van der Waals surface area contributed by atoms with E-state index < -0.39 is 34.9 Å². The van der Waals surface area contributed by atoms with E-state index in [9.17, 15) is 18.0 Å². The number of para-hydroxylation sites is 1. The molecule has 0 bridgehead atoms. The number of thiocarbonyl (C=S) groups is 1. The molecule has 9 heteroatoms. The maximum Gasteiger partial charge on any atom is 0.419 e. The van der Waals surface area contributed by atoms with Crippen molar-refractivity contribution < 1.29 is 18.0 Å². The Hall–Kier alpha value is -3.12. The van der Waals surface area contributed by atoms with Crippen LogP contribution in [-0.2, 0) is 17.4 Å². The number of rotatable bonds is 5. The standard InChI is InChI=1S/C23H21F3N4OS/c24-23(25,26)20-16(14-27)7-3-11-19(20)30-21(31)17(28-22(30)32)9-5-13-29-12-4-8-15-6-1-2-10-18(15)29/h1-3,6-7,10-11,17H,4-5,8-9,12-13H2,(H,28,32). The molecule has 0 aliphatic carbocycles. The number of halogens is 3. The Bertz CT molecular complexity index is 1100. The Kier molecular flexibility index (Phi) is 6.07. The minimum atomic E-state index is -4.79. The highest BCUT2D eigenvalue weighted by atomic mass is 32.1. The second kappa shape index (κ2) is 8.79. The van der Waals surface area contributed by atoms with E-state index in [1.807, 2.05) is 12.1 Å². The summed E-state index contributed by atoms with van der Waals surface area (Å²) in [5.41, 5.74) is 0.401. The molecule has 1 amide bonds. The van der Waals surface area contributed by atoms with Crippen molar-refractivity contribution >= 4 is 34.6 Å². The molecule has 0 saturated carbocycles. The summed E-state index contributed by atoms with van der Waals surface area (Å²) in [4.78, 5) is 16.1. The summed E-state index contributed by atoms with van der Waals surface area (Å²) in [6, 6.07) is 12.7. The number of benzene rings is 2. The van der Waals surface area contributed by atoms with Crippen molar-refractivity contribution in [1.29, 1.82) is 5.26 Å². The SMILES string of the molecule is N#Cc1cccc(N2C(=O)C(CCCN3CCCc4ccccc43)NC2=S)c1C(F)(F)F. The predicted molar refractivity (Wildman–Crippen MR) is 119 cm³/mol. The first-order valence-corrected chi connectivity index (χ1v) is 10.8. The van der Waals surface area contributed by atoms with Crippen molar-refractivity contribution in [3.63, 3.8) is 0 Å². The molecule has 2 aromatic rings. The summed E-state index contributed by atoms with van der Waals surface area (Å²) in [6.45, 7) is 1.68. The van der Waals surface area contributed by atoms with E-state index in [0.29, 0.717) is 12.8 Å². The van der Waals surface area contributed by atoms with Crippen LogP contribution in [0.5, 0.6) is 0 Å². The van der Waals surface area contributed by atoms with E-state index in [4.69, 9.17) is 17.5 Å². The van der Waals surface area contributed by atoms with Crippen LogP contribution in [0.4, 0.5) is 24.5 Å². The number of hydrogen-bond donors (Lipinski definition) is 1. The molecule has 0 aromatic heterocycles. The van der Waals surface area contributed by atoms with Crippen LogP contribution in [0.25, 0.3) is 0 Å². The summed E-state index contributed by atoms with van der Waals surface area (Å²) in [7, 11) is 0. The second-order valence-corrected chi connectivity index (χ2v) is 8.23. The number of carbonyl (C=O) groups is 1. The zero-order valence-electron chi connectivity index (χ0n) is 17.2. The smallest absolute Gasteiger partial charge is 0.371 e. The first kappa shape index (κ1) is 22.1. The normalized spacial score (nSPS) is 18.4. The predicted octanol–water partition coefficient (Wildman–Crippen LogP) is 4.40. The monoisotopic (exact) mass is 458 g/mol. The maximum atomic E-state index is 13.7. The molecule has 1 saturated heterocycles. The lowest BCUT2D eigenvalue weighted by Gasteiger charge is -2.31. The Balaban J connectivity index is 1.48. The molecule has 0 radical (unpaired) electrons. The van der Waals surface area contributed by atoms with Crippen molar-refractivity contribution in [2.45, 2.75) is 37.9 Å². The molecule has 32 heavy (non-hydrogen) atoms. The van der Waals surface area contributed by atoms with Crippen LogP contribution in [0.3, 0.4) is 0 Å². The molecule has 1 fully saturated rings. The van der Waals surface area contributed by atoms with Crippen molar-refractivity contribution in [2.24, 2.45) is 0 Å². The number of nitriles is 1. The van der Waals surface area contributed by atoms with Gasteiger partial charge in [0.1, 0.15) is 6.04 Å². The highest BCUT2D eigenvalue weighted by Gasteiger charge is 2.43. The van der Waals surface area contributed by atoms with Gasteiger partial charge < -0.3 is 10.2 Å². The fourth-order valence-corrected chi connectivity index (χ4v) is 4.73. The van der Waals surface area contributed by atoms with Crippen LogP contribution in [-0.4, -0.2) is 30.2 Å². The van der Waals surface area contributed by atoms with Crippen LogP contribution < -0.4 is 15.1 Å². The second-order valence-electron chi connectivity index (χ2n) is 7.85. The molecule has 5 nitrogen and oxygen atoms in total. The van der Waals surface area contributed by atoms with Crippen molar-refractivity contribution in [3.8, 4) is 6.07 Å². The Morgan fingerprint density at radius 3 is 2.66 bits per heavy atom. The van der Waals surface area contributed by atoms with Crippen LogP contribution in [0.15, 0.2) is 42.5 Å². The van der Waals surface area contributed by atoms with Gasteiger partial charge in [-0.1, -0.05) is 24.3 Å². The number of alkyl halides is 3. The molecule has 0 spiro atoms. The van der Waals surface area contributed by atoms with E-state index in [1.54, 1.807) is 6.07 Å². The molecular formula is C23H21F3N4OS. The van der Waals surface area contributed by atoms with Crippen molar-refractivity contribution in [2.75, 3.05) is 22.9 Å². The van der Waals surface area contributed by atoms with Gasteiger partial charge in [-0.2, -0.15) is 18.4 Å². The zero-order valence-corrected chi connectivity index (χ0v) is 18.0. The summed E-state index contributed by atoms with van der Waals surface area (Å²) < 4.78 is 41.0. The quantitative estimate of drug-likeness (QED) is 0.673. The first-order valence-electron chi connectivity index (χ1n) is 10.4. The molecule has 2 aliphatic rings. The number of amides is 1. The summed E-state index contributed by atoms with van der Waals surface area (Å²) in [5, 5.41) is 11.9. The van der Waals surface area contributed by atoms with E-state index >= 15 is 0 Å². The third-order valence-electron chi connectivity index (χ3n) is 5.83. The van der Waals surface area contributed by atoms with E-state index in [0.717, 1.165) is 36.9 Å². The van der Waals surface area contributed by atoms with Gasteiger partial charge in [0.15, 0.2) is 5.11 Å². The third kappa shape index (κ3) is 4.15. The van der Waals surface area contributed by atoms with Gasteiger partial charge in [0.25, 0.3) is 5.91 Å². The number of nitrogens with one attached hydrogen (secondary N) is 1. The lowest BCUT2D eigenvalue weighted by Crippen LogP contribution is -2.34. The molecule has 2 aromatic carbocycles. The maximum absolute atomic E-state index is 13.7. The number of anilines is 2. The summed E-state index contributed by atoms with van der Waals surface area (Å²) in [6.07, 6.45) is -1.57. The van der Waals surface area contributed by atoms with Crippen molar-refractivity contribution in [3.05, 3.63) is 59.2 Å². The fourth-order valence-electron chi connectivity index (χ4n) is 4.40. The minimum absolute atomic E-state index is 0.0797. The Morgan fingerprint density at radius 2 is 1.91 bits per heavy atom. The van der Waals surface area contributed by atoms with Gasteiger partial charge >= 0.3 is 6.18 Å². The van der Waals surface area contributed by atoms with Gasteiger partial charge in [0, 0.05) is 18.8 Å². The van der Waals surface area contributed by atoms with Gasteiger partial charge in [-0.15, -0.1) is 0 Å². The third-order valence-corrected chi connectivity index (χ3v) is 6.13. The highest BCUT2D eigenvalue weighted by molar-refractivity contribution is 7.80. The van der Waals surface area contributed by atoms with E-state index in [1.165, 1.54) is 23.4 Å². The lowest BCUT2D eigenvalue weighted by atomic mass is 10.0. The topological polar surface area (TPSA) is 59.4 Å². The molecule has 4 rings (SSSR count). The number of hydrogen-bond acceptors (Lipinski definition) is 4. The largest absolute Gasteiger partial charge is 0.419 e. The number of carbonyl (C=O) groups excluding carboxylic acids is 1. The molecule has 2 aliphatic heterocycles. The van der Waals surface area contributed by atoms with Gasteiger partial charge in [-0.05, 0) is 61.7 Å². The molecule has 1 unspecified atom stereocenters. The number of aryl methyl sites for hydroxylation is 1. The van der Waals surface area contributed by atoms with E-state index in [-0.39, 0.29) is 5.11 Å². The molecule has 2 heterocycles. The first-order chi connectivity index (χ1) is 15.3. The molecule has 1 atom stereocenters. The van der Waals surface area contributed by atoms with Gasteiger partial charge in [0.2, 0.25) is 0 Å². The lowest BCUT2D eigenvalue weighted by molar-refractivity contribution is -0.137. The average molecular weight is 459 g/mol. The number of nitrogens with zero attached hydrogens (tertiary/aromatic N) is 3. The summed E-state index contributed by atoms with van der Waals surface area (Å²) in [5.74, 6) is -0.533.